The van der Waals surface area contributed by atoms with E-state index in [1.807, 2.05) is 13.8 Å². The average Bonchev–Trinajstić information content (AvgIpc) is 3.53. The zero-order valence-electron chi connectivity index (χ0n) is 18.6. The summed E-state index contributed by atoms with van der Waals surface area (Å²) in [4.78, 5) is 31.1. The summed E-state index contributed by atoms with van der Waals surface area (Å²) in [7, 11) is 0. The molecule has 11 heteroatoms. The third kappa shape index (κ3) is 4.13. The summed E-state index contributed by atoms with van der Waals surface area (Å²) in [5, 5.41) is 31.2. The van der Waals surface area contributed by atoms with Gasteiger partial charge in [0.1, 0.15) is 17.1 Å². The fourth-order valence-electron chi connectivity index (χ4n) is 3.79. The van der Waals surface area contributed by atoms with E-state index in [1.54, 1.807) is 17.9 Å². The number of phenols is 2. The van der Waals surface area contributed by atoms with Crippen molar-refractivity contribution in [2.45, 2.75) is 39.5 Å². The Bertz CT molecular complexity index is 1190. The van der Waals surface area contributed by atoms with E-state index in [4.69, 9.17) is 9.05 Å². The van der Waals surface area contributed by atoms with Crippen LogP contribution in [-0.2, 0) is 0 Å². The van der Waals surface area contributed by atoms with E-state index >= 15 is 0 Å². The molecule has 0 atom stereocenters. The zero-order chi connectivity index (χ0) is 23.7. The van der Waals surface area contributed by atoms with Gasteiger partial charge in [-0.25, -0.2) is 0 Å². The third-order valence-corrected chi connectivity index (χ3v) is 5.48. The maximum absolute atomic E-state index is 12.7. The van der Waals surface area contributed by atoms with Gasteiger partial charge in [0, 0.05) is 25.7 Å². The Balaban J connectivity index is 1.84. The minimum Gasteiger partial charge on any atom is -0.508 e. The van der Waals surface area contributed by atoms with Crippen molar-refractivity contribution in [3.8, 4) is 34.2 Å². The van der Waals surface area contributed by atoms with Crippen LogP contribution in [0.3, 0.4) is 0 Å². The van der Waals surface area contributed by atoms with E-state index in [0.717, 1.165) is 12.8 Å². The molecular weight excluding hydrogens is 430 g/mol. The Kier molecular flexibility index (Phi) is 6.03. The van der Waals surface area contributed by atoms with Crippen LogP contribution >= 0.6 is 0 Å². The van der Waals surface area contributed by atoms with Crippen molar-refractivity contribution in [2.24, 2.45) is 0 Å². The molecular formula is C22H25N5O6. The van der Waals surface area contributed by atoms with Gasteiger partial charge in [-0.15, -0.1) is 0 Å². The smallest absolute Gasteiger partial charge is 0.316 e. The minimum atomic E-state index is -0.540. The molecule has 0 saturated carbocycles. The molecule has 2 amide bonds. The van der Waals surface area contributed by atoms with E-state index in [9.17, 15) is 19.8 Å². The third-order valence-electron chi connectivity index (χ3n) is 5.48. The molecule has 1 aromatic carbocycles. The van der Waals surface area contributed by atoms with Gasteiger partial charge < -0.3 is 29.5 Å². The molecule has 0 unspecified atom stereocenters. The van der Waals surface area contributed by atoms with Gasteiger partial charge in [-0.05, 0) is 37.3 Å². The molecule has 0 spiro atoms. The number of benzene rings is 1. The first-order chi connectivity index (χ1) is 15.8. The summed E-state index contributed by atoms with van der Waals surface area (Å²) in [6.45, 7) is 7.07. The lowest BCUT2D eigenvalue weighted by Gasteiger charge is -2.12. The van der Waals surface area contributed by atoms with Crippen LogP contribution in [0.1, 0.15) is 66.3 Å². The van der Waals surface area contributed by atoms with Crippen LogP contribution in [-0.4, -0.2) is 61.9 Å². The molecule has 1 fully saturated rings. The highest BCUT2D eigenvalue weighted by molar-refractivity contribution is 6.02. The first kappa shape index (κ1) is 22.3. The van der Waals surface area contributed by atoms with Crippen LogP contribution in [0.4, 0.5) is 0 Å². The number of carbonyl (C=O) groups is 2. The van der Waals surface area contributed by atoms with Crippen molar-refractivity contribution in [3.05, 3.63) is 29.3 Å². The number of nitrogens with zero attached hydrogens (tertiary/aromatic N) is 4. The van der Waals surface area contributed by atoms with Crippen molar-refractivity contribution in [1.82, 2.24) is 25.5 Å². The molecule has 1 saturated heterocycles. The van der Waals surface area contributed by atoms with Crippen molar-refractivity contribution >= 4 is 11.8 Å². The molecule has 174 valence electrons. The summed E-state index contributed by atoms with van der Waals surface area (Å²) in [6, 6.07) is 2.75. The molecule has 33 heavy (non-hydrogen) atoms. The lowest BCUT2D eigenvalue weighted by Crippen LogP contribution is -2.27. The van der Waals surface area contributed by atoms with Gasteiger partial charge in [-0.2, -0.15) is 4.98 Å². The molecule has 1 aliphatic rings. The Morgan fingerprint density at radius 2 is 1.85 bits per heavy atom. The van der Waals surface area contributed by atoms with Crippen LogP contribution in [0.25, 0.3) is 22.7 Å². The van der Waals surface area contributed by atoms with Gasteiger partial charge in [0.25, 0.3) is 5.91 Å². The van der Waals surface area contributed by atoms with Crippen molar-refractivity contribution < 1.29 is 28.8 Å². The molecule has 0 bridgehead atoms. The highest BCUT2D eigenvalue weighted by Crippen LogP contribution is 2.42. The Morgan fingerprint density at radius 3 is 2.52 bits per heavy atom. The first-order valence-electron chi connectivity index (χ1n) is 10.8. The number of hydrogen-bond acceptors (Lipinski definition) is 9. The highest BCUT2D eigenvalue weighted by atomic mass is 16.5. The predicted octanol–water partition coefficient (Wildman–Crippen LogP) is 2.91. The van der Waals surface area contributed by atoms with Gasteiger partial charge >= 0.3 is 11.8 Å². The standard InChI is InChI=1S/C22H25N5O6/c1-4-23-20(30)17-16(19-24-21(33-26-19)22(31)27-7-5-6-8-27)18(32-25-17)13-9-12(11(2)3)14(28)10-15(13)29/h9-11,28-29H,4-8H2,1-3H3,(H,23,30). The number of phenolic OH excluding ortho intramolecular Hbond substituents is 2. The maximum atomic E-state index is 12.7. The topological polar surface area (TPSA) is 155 Å². The van der Waals surface area contributed by atoms with E-state index in [0.29, 0.717) is 25.2 Å². The Labute approximate surface area is 189 Å². The van der Waals surface area contributed by atoms with Crippen LogP contribution in [0.2, 0.25) is 0 Å². The molecule has 0 radical (unpaired) electrons. The lowest BCUT2D eigenvalue weighted by molar-refractivity contribution is 0.0743. The molecule has 3 aromatic rings. The summed E-state index contributed by atoms with van der Waals surface area (Å²) in [5.74, 6) is -1.62. The minimum absolute atomic E-state index is 0.0108. The van der Waals surface area contributed by atoms with Crippen molar-refractivity contribution in [3.63, 3.8) is 0 Å². The fraction of sp³-hybridized carbons (Fsp3) is 0.409. The molecule has 3 heterocycles. The summed E-state index contributed by atoms with van der Waals surface area (Å²) in [5.41, 5.74) is 0.696. The molecule has 3 N–H and O–H groups in total. The number of aromatic hydroxyl groups is 2. The second kappa shape index (κ2) is 8.93. The monoisotopic (exact) mass is 455 g/mol. The quantitative estimate of drug-likeness (QED) is 0.509. The number of likely N-dealkylation sites (tertiary alicyclic amines) is 1. The first-order valence-corrected chi connectivity index (χ1v) is 10.8. The van der Waals surface area contributed by atoms with E-state index in [2.05, 4.69) is 20.6 Å². The van der Waals surface area contributed by atoms with E-state index in [1.165, 1.54) is 6.07 Å². The largest absolute Gasteiger partial charge is 0.508 e. The maximum Gasteiger partial charge on any atom is 0.316 e. The highest BCUT2D eigenvalue weighted by Gasteiger charge is 2.32. The van der Waals surface area contributed by atoms with Crippen LogP contribution in [0, 0.1) is 0 Å². The van der Waals surface area contributed by atoms with Gasteiger partial charge in [0.05, 0.1) is 5.56 Å². The molecule has 1 aliphatic heterocycles. The SMILES string of the molecule is CCNC(=O)c1noc(-c2cc(C(C)C)c(O)cc2O)c1-c1noc(C(=O)N2CCCC2)n1. The number of nitrogens with one attached hydrogen (secondary N) is 1. The molecule has 11 nitrogen and oxygen atoms in total. The number of amides is 2. The van der Waals surface area contributed by atoms with Crippen LogP contribution < -0.4 is 5.32 Å². The van der Waals surface area contributed by atoms with Gasteiger partial charge in [-0.1, -0.05) is 24.2 Å². The van der Waals surface area contributed by atoms with Crippen molar-refractivity contribution in [1.29, 1.82) is 0 Å². The Morgan fingerprint density at radius 1 is 1.12 bits per heavy atom. The second-order valence-corrected chi connectivity index (χ2v) is 8.10. The van der Waals surface area contributed by atoms with E-state index in [-0.39, 0.29) is 51.7 Å². The number of carbonyl (C=O) groups excluding carboxylic acids is 2. The zero-order valence-corrected chi connectivity index (χ0v) is 18.6. The Hall–Kier alpha value is -3.89. The van der Waals surface area contributed by atoms with Crippen LogP contribution in [0.15, 0.2) is 21.2 Å². The molecule has 2 aromatic heterocycles. The normalized spacial score (nSPS) is 13.6. The number of aromatic nitrogens is 3. The second-order valence-electron chi connectivity index (χ2n) is 8.10. The molecule has 0 aliphatic carbocycles. The summed E-state index contributed by atoms with van der Waals surface area (Å²) >= 11 is 0. The van der Waals surface area contributed by atoms with Gasteiger partial charge in [0.2, 0.25) is 5.82 Å². The van der Waals surface area contributed by atoms with Crippen molar-refractivity contribution in [2.75, 3.05) is 19.6 Å². The van der Waals surface area contributed by atoms with E-state index < -0.39 is 11.8 Å². The van der Waals surface area contributed by atoms with Crippen LogP contribution in [0.5, 0.6) is 11.5 Å². The summed E-state index contributed by atoms with van der Waals surface area (Å²) in [6.07, 6.45) is 1.81. The van der Waals surface area contributed by atoms with Gasteiger partial charge in [0.15, 0.2) is 11.5 Å². The average molecular weight is 455 g/mol. The van der Waals surface area contributed by atoms with Gasteiger partial charge in [-0.3, -0.25) is 9.59 Å². The fourth-order valence-corrected chi connectivity index (χ4v) is 3.79. The predicted molar refractivity (Wildman–Crippen MR) is 116 cm³/mol. The number of rotatable bonds is 6. The number of hydrogen-bond donors (Lipinski definition) is 3. The lowest BCUT2D eigenvalue weighted by atomic mass is 9.96. The molecule has 4 rings (SSSR count). The summed E-state index contributed by atoms with van der Waals surface area (Å²) < 4.78 is 10.7.